The van der Waals surface area contributed by atoms with Crippen molar-refractivity contribution in [3.05, 3.63) is 49.4 Å². The summed E-state index contributed by atoms with van der Waals surface area (Å²) in [6.45, 7) is 3.68. The number of rotatable bonds is 3. The molecule has 2 heterocycles. The Morgan fingerprint density at radius 2 is 1.89 bits per heavy atom. The van der Waals surface area contributed by atoms with Crippen LogP contribution in [0, 0.1) is 5.92 Å². The van der Waals surface area contributed by atoms with E-state index in [0.29, 0.717) is 10.6 Å². The van der Waals surface area contributed by atoms with Gasteiger partial charge in [-0.05, 0) is 42.9 Å². The Kier molecular flexibility index (Phi) is 4.55. The van der Waals surface area contributed by atoms with Gasteiger partial charge in [0.1, 0.15) is 0 Å². The molecule has 0 unspecified atom stereocenters. The Bertz CT molecular complexity index is 988. The molecule has 5 nitrogen and oxygen atoms in total. The maximum Gasteiger partial charge on any atom is 0.305 e. The quantitative estimate of drug-likeness (QED) is 0.796. The van der Waals surface area contributed by atoms with Crippen LogP contribution in [-0.2, 0) is 23.1 Å². The third-order valence-corrected chi connectivity index (χ3v) is 8.29. The van der Waals surface area contributed by atoms with E-state index in [9.17, 15) is 19.5 Å². The highest BCUT2D eigenvalue weighted by Gasteiger charge is 2.49. The fourth-order valence-corrected chi connectivity index (χ4v) is 6.93. The van der Waals surface area contributed by atoms with Gasteiger partial charge in [0.05, 0.1) is 16.2 Å². The number of aromatic nitrogens is 1. The summed E-state index contributed by atoms with van der Waals surface area (Å²) >= 11 is 2.07. The minimum absolute atomic E-state index is 0.193. The molecule has 0 fully saturated rings. The second-order valence-electron chi connectivity index (χ2n) is 7.78. The summed E-state index contributed by atoms with van der Waals surface area (Å²) in [5.74, 6) is -2.27. The van der Waals surface area contributed by atoms with Gasteiger partial charge in [-0.3, -0.25) is 9.59 Å². The molecule has 1 aliphatic heterocycles. The molecule has 0 saturated heterocycles. The zero-order chi connectivity index (χ0) is 19.3. The van der Waals surface area contributed by atoms with Crippen LogP contribution in [0.3, 0.4) is 0 Å². The van der Waals surface area contributed by atoms with E-state index in [-0.39, 0.29) is 10.7 Å². The number of hydrogen-bond acceptors (Lipinski definition) is 6. The summed E-state index contributed by atoms with van der Waals surface area (Å²) in [7, 11) is 0. The number of Topliss-reactive ketones (excluding diaryl/α,β-unsaturated/α-hetero) is 1. The first kappa shape index (κ1) is 18.5. The van der Waals surface area contributed by atoms with Crippen molar-refractivity contribution in [2.45, 2.75) is 55.2 Å². The molecule has 0 saturated carbocycles. The zero-order valence-electron chi connectivity index (χ0n) is 15.2. The molecule has 2 atom stereocenters. The number of aromatic amines is 1. The molecule has 7 heteroatoms. The van der Waals surface area contributed by atoms with Crippen LogP contribution >= 0.6 is 23.1 Å². The first-order valence-electron chi connectivity index (χ1n) is 9.06. The fourth-order valence-electron chi connectivity index (χ4n) is 4.25. The monoisotopic (exact) mass is 402 g/mol. The SMILES string of the molecule is CC1(C)c2sc(=O)[nH]c2S[C@@H](C(=O)[O-])[C@@H]1C(=O)c1ccc2c(c1)CCCC2. The second kappa shape index (κ2) is 6.63. The average Bonchev–Trinajstić information content (AvgIpc) is 3.02. The number of aryl methyl sites for hydroxylation is 2. The van der Waals surface area contributed by atoms with Crippen molar-refractivity contribution in [2.75, 3.05) is 0 Å². The summed E-state index contributed by atoms with van der Waals surface area (Å²) in [6.07, 6.45) is 4.25. The van der Waals surface area contributed by atoms with Crippen molar-refractivity contribution in [2.24, 2.45) is 5.92 Å². The molecule has 0 radical (unpaired) electrons. The summed E-state index contributed by atoms with van der Waals surface area (Å²) < 4.78 is 0. The van der Waals surface area contributed by atoms with Crippen molar-refractivity contribution >= 4 is 34.9 Å². The van der Waals surface area contributed by atoms with E-state index < -0.39 is 22.6 Å². The molecule has 27 heavy (non-hydrogen) atoms. The number of thiazole rings is 1. The molecule has 1 aromatic heterocycles. The van der Waals surface area contributed by atoms with E-state index in [1.165, 1.54) is 11.1 Å². The molecule has 4 rings (SSSR count). The minimum Gasteiger partial charge on any atom is -0.549 e. The lowest BCUT2D eigenvalue weighted by Crippen LogP contribution is -2.51. The lowest BCUT2D eigenvalue weighted by atomic mass is 9.71. The maximum absolute atomic E-state index is 13.4. The van der Waals surface area contributed by atoms with Crippen molar-refractivity contribution in [1.29, 1.82) is 0 Å². The molecule has 2 aromatic rings. The van der Waals surface area contributed by atoms with Gasteiger partial charge in [-0.25, -0.2) is 0 Å². The Morgan fingerprint density at radius 3 is 2.59 bits per heavy atom. The fraction of sp³-hybridized carbons (Fsp3) is 0.450. The predicted molar refractivity (Wildman–Crippen MR) is 104 cm³/mol. The number of ketones is 1. The van der Waals surface area contributed by atoms with Gasteiger partial charge in [0.2, 0.25) is 0 Å². The van der Waals surface area contributed by atoms with E-state index in [1.54, 1.807) is 0 Å². The molecule has 1 N–H and O–H groups in total. The van der Waals surface area contributed by atoms with Gasteiger partial charge in [0.25, 0.3) is 0 Å². The van der Waals surface area contributed by atoms with Crippen LogP contribution in [0.5, 0.6) is 0 Å². The van der Waals surface area contributed by atoms with Gasteiger partial charge in [-0.2, -0.15) is 0 Å². The molecule has 1 aromatic carbocycles. The third-order valence-electron chi connectivity index (χ3n) is 5.67. The zero-order valence-corrected chi connectivity index (χ0v) is 16.8. The molecule has 0 spiro atoms. The number of carboxylic acids is 1. The van der Waals surface area contributed by atoms with Crippen LogP contribution in [0.25, 0.3) is 0 Å². The van der Waals surface area contributed by atoms with Crippen molar-refractivity contribution in [3.8, 4) is 0 Å². The van der Waals surface area contributed by atoms with Crippen LogP contribution < -0.4 is 9.98 Å². The highest BCUT2D eigenvalue weighted by atomic mass is 32.2. The Morgan fingerprint density at radius 1 is 1.19 bits per heavy atom. The predicted octanol–water partition coefficient (Wildman–Crippen LogP) is 2.32. The lowest BCUT2D eigenvalue weighted by molar-refractivity contribution is -0.305. The van der Waals surface area contributed by atoms with E-state index in [1.807, 2.05) is 32.0 Å². The Hall–Kier alpha value is -1.86. The summed E-state index contributed by atoms with van der Waals surface area (Å²) in [4.78, 5) is 40.3. The van der Waals surface area contributed by atoms with Crippen LogP contribution in [0.1, 0.15) is 53.1 Å². The Balaban J connectivity index is 1.79. The number of carboxylic acid groups (broad SMARTS) is 1. The van der Waals surface area contributed by atoms with Gasteiger partial charge < -0.3 is 14.9 Å². The third kappa shape index (κ3) is 3.06. The van der Waals surface area contributed by atoms with Gasteiger partial charge in [0, 0.05) is 21.8 Å². The number of benzene rings is 1. The van der Waals surface area contributed by atoms with E-state index in [2.05, 4.69) is 4.98 Å². The molecule has 2 aliphatic rings. The van der Waals surface area contributed by atoms with Crippen LogP contribution in [0.4, 0.5) is 0 Å². The molecule has 1 aliphatic carbocycles. The standard InChI is InChI=1S/C20H21NO4S2/c1-20(2)13(15(18(23)24)26-17-16(20)27-19(25)21-17)14(22)12-8-7-10-5-3-4-6-11(10)9-12/h7-9,13,15H,3-6H2,1-2H3,(H,21,25)(H,23,24)/p-1/t13-,15+/m0/s1. The Labute approximate surface area is 165 Å². The first-order chi connectivity index (χ1) is 12.8. The largest absolute Gasteiger partial charge is 0.549 e. The lowest BCUT2D eigenvalue weighted by Gasteiger charge is -2.42. The number of nitrogens with one attached hydrogen (secondary N) is 1. The molecular formula is C20H20NO4S2-. The number of hydrogen-bond donors (Lipinski definition) is 1. The summed E-state index contributed by atoms with van der Waals surface area (Å²) in [5.41, 5.74) is 2.23. The number of carbonyl (C=O) groups excluding carboxylic acids is 2. The highest BCUT2D eigenvalue weighted by Crippen LogP contribution is 2.50. The van der Waals surface area contributed by atoms with Gasteiger partial charge in [-0.1, -0.05) is 49.1 Å². The van der Waals surface area contributed by atoms with Crippen molar-refractivity contribution in [3.63, 3.8) is 0 Å². The normalized spacial score (nSPS) is 23.3. The summed E-state index contributed by atoms with van der Waals surface area (Å²) in [5, 5.41) is 11.4. The van der Waals surface area contributed by atoms with Crippen LogP contribution in [-0.4, -0.2) is 22.0 Å². The average molecular weight is 403 g/mol. The number of aliphatic carboxylic acids is 1. The van der Waals surface area contributed by atoms with E-state index >= 15 is 0 Å². The van der Waals surface area contributed by atoms with Crippen LogP contribution in [0.2, 0.25) is 0 Å². The van der Waals surface area contributed by atoms with Crippen molar-refractivity contribution < 1.29 is 14.7 Å². The van der Waals surface area contributed by atoms with Gasteiger partial charge in [-0.15, -0.1) is 0 Å². The number of fused-ring (bicyclic) bond motifs is 2. The van der Waals surface area contributed by atoms with Gasteiger partial charge in [0.15, 0.2) is 5.78 Å². The molecule has 0 bridgehead atoms. The van der Waals surface area contributed by atoms with Crippen molar-refractivity contribution in [1.82, 2.24) is 4.98 Å². The van der Waals surface area contributed by atoms with E-state index in [4.69, 9.17) is 0 Å². The highest BCUT2D eigenvalue weighted by molar-refractivity contribution is 8.00. The first-order valence-corrected chi connectivity index (χ1v) is 10.8. The van der Waals surface area contributed by atoms with Gasteiger partial charge >= 0.3 is 4.87 Å². The smallest absolute Gasteiger partial charge is 0.305 e. The van der Waals surface area contributed by atoms with Crippen LogP contribution in [0.15, 0.2) is 28.0 Å². The number of thioether (sulfide) groups is 1. The second-order valence-corrected chi connectivity index (χ2v) is 9.92. The molecular weight excluding hydrogens is 382 g/mol. The minimum atomic E-state index is -1.28. The number of H-pyrrole nitrogens is 1. The topological polar surface area (TPSA) is 90.1 Å². The number of carbonyl (C=O) groups is 2. The molecule has 142 valence electrons. The van der Waals surface area contributed by atoms with E-state index in [0.717, 1.165) is 53.7 Å². The summed E-state index contributed by atoms with van der Waals surface area (Å²) in [6, 6.07) is 5.74. The molecule has 0 amide bonds. The maximum atomic E-state index is 13.4.